The van der Waals surface area contributed by atoms with Crippen molar-refractivity contribution in [3.05, 3.63) is 89.5 Å². The lowest BCUT2D eigenvalue weighted by Crippen LogP contribution is -2.25. The quantitative estimate of drug-likeness (QED) is 0.454. The van der Waals surface area contributed by atoms with Gasteiger partial charge in [0.2, 0.25) is 5.91 Å². The summed E-state index contributed by atoms with van der Waals surface area (Å²) in [6, 6.07) is 23.0. The summed E-state index contributed by atoms with van der Waals surface area (Å²) < 4.78 is 10.9. The smallest absolute Gasteiger partial charge is 0.262 e. The van der Waals surface area contributed by atoms with Gasteiger partial charge in [0.15, 0.2) is 16.7 Å². The molecule has 0 unspecified atom stereocenters. The Morgan fingerprint density at radius 1 is 1.03 bits per heavy atom. The van der Waals surface area contributed by atoms with Crippen LogP contribution in [0.4, 0.5) is 5.69 Å². The Bertz CT molecular complexity index is 1410. The van der Waals surface area contributed by atoms with Crippen molar-refractivity contribution in [2.75, 3.05) is 19.5 Å². The van der Waals surface area contributed by atoms with Crippen LogP contribution in [0.15, 0.2) is 82.9 Å². The van der Waals surface area contributed by atoms with E-state index in [9.17, 15) is 9.59 Å². The molecule has 3 aromatic carbocycles. The van der Waals surface area contributed by atoms with Gasteiger partial charge >= 0.3 is 0 Å². The van der Waals surface area contributed by atoms with Gasteiger partial charge in [-0.05, 0) is 42.3 Å². The zero-order chi connectivity index (χ0) is 26.6. The van der Waals surface area contributed by atoms with Crippen molar-refractivity contribution in [1.82, 2.24) is 5.01 Å². The highest BCUT2D eigenvalue weighted by atomic mass is 32.2. The lowest BCUT2D eigenvalue weighted by atomic mass is 9.98. The molecule has 1 N–H and O–H groups in total. The second kappa shape index (κ2) is 11.1. The highest BCUT2D eigenvalue weighted by molar-refractivity contribution is 8.15. The standard InChI is InChI=1S/C29H28N4O4S/c1-18-9-12-21(13-10-18)30-27(34)17-26-28(35)31-29(38-26)33-23(16-22(32-33)19-7-5-4-6-8-19)20-11-14-24(36-2)25(15-20)37-3/h4-15,23,26H,16-17H2,1-3H3,(H,30,34)/t23-,26+/m1/s1. The first-order valence-corrected chi connectivity index (χ1v) is 13.1. The molecule has 5 rings (SSSR count). The molecule has 38 heavy (non-hydrogen) atoms. The second-order valence-corrected chi connectivity index (χ2v) is 10.2. The van der Waals surface area contributed by atoms with Crippen LogP contribution in [0.3, 0.4) is 0 Å². The van der Waals surface area contributed by atoms with Crippen molar-refractivity contribution in [3.63, 3.8) is 0 Å². The molecule has 0 bridgehead atoms. The number of thioether (sulfide) groups is 1. The van der Waals surface area contributed by atoms with Crippen LogP contribution in [-0.2, 0) is 9.59 Å². The first-order valence-electron chi connectivity index (χ1n) is 12.2. The Morgan fingerprint density at radius 3 is 2.47 bits per heavy atom. The average molecular weight is 529 g/mol. The number of amidine groups is 1. The van der Waals surface area contributed by atoms with Crippen LogP contribution >= 0.6 is 11.8 Å². The number of hydrazone groups is 1. The number of anilines is 1. The number of amides is 2. The molecule has 2 heterocycles. The van der Waals surface area contributed by atoms with Crippen LogP contribution in [-0.4, -0.2) is 47.2 Å². The Labute approximate surface area is 225 Å². The number of carbonyl (C=O) groups is 2. The number of carbonyl (C=O) groups excluding carboxylic acids is 2. The number of ether oxygens (including phenoxy) is 2. The van der Waals surface area contributed by atoms with Crippen molar-refractivity contribution >= 4 is 40.1 Å². The van der Waals surface area contributed by atoms with Gasteiger partial charge in [0.25, 0.3) is 5.91 Å². The maximum atomic E-state index is 12.9. The number of nitrogens with zero attached hydrogens (tertiary/aromatic N) is 3. The summed E-state index contributed by atoms with van der Waals surface area (Å²) in [4.78, 5) is 29.9. The molecule has 0 spiro atoms. The molecule has 0 radical (unpaired) electrons. The van der Waals surface area contributed by atoms with Crippen LogP contribution < -0.4 is 14.8 Å². The van der Waals surface area contributed by atoms with Crippen LogP contribution in [0.25, 0.3) is 0 Å². The number of nitrogens with one attached hydrogen (secondary N) is 1. The molecule has 8 nitrogen and oxygen atoms in total. The van der Waals surface area contributed by atoms with Gasteiger partial charge in [0.05, 0.1) is 26.0 Å². The number of benzene rings is 3. The zero-order valence-electron chi connectivity index (χ0n) is 21.4. The van der Waals surface area contributed by atoms with Gasteiger partial charge in [-0.3, -0.25) is 9.59 Å². The summed E-state index contributed by atoms with van der Waals surface area (Å²) in [6.45, 7) is 1.98. The first kappa shape index (κ1) is 25.5. The molecule has 0 aliphatic carbocycles. The number of aryl methyl sites for hydroxylation is 1. The molecule has 3 aromatic rings. The number of hydrogen-bond acceptors (Lipinski definition) is 7. The van der Waals surface area contributed by atoms with Crippen molar-refractivity contribution in [3.8, 4) is 11.5 Å². The molecule has 0 saturated heterocycles. The van der Waals surface area contributed by atoms with E-state index in [1.165, 1.54) is 11.8 Å². The molecule has 0 aromatic heterocycles. The number of hydrogen-bond donors (Lipinski definition) is 1. The van der Waals surface area contributed by atoms with E-state index in [0.29, 0.717) is 28.8 Å². The van der Waals surface area contributed by atoms with E-state index < -0.39 is 5.25 Å². The SMILES string of the molecule is COc1ccc([C@H]2CC(c3ccccc3)=NN2C2=NC(=O)[C@H](CC(=O)Nc3ccc(C)cc3)S2)cc1OC. The normalized spacial score (nSPS) is 18.7. The van der Waals surface area contributed by atoms with Crippen molar-refractivity contribution in [2.24, 2.45) is 10.1 Å². The van der Waals surface area contributed by atoms with E-state index >= 15 is 0 Å². The fraction of sp³-hybridized carbons (Fsp3) is 0.241. The van der Waals surface area contributed by atoms with Crippen molar-refractivity contribution < 1.29 is 19.1 Å². The Hall–Kier alpha value is -4.11. The first-order chi connectivity index (χ1) is 18.4. The number of rotatable bonds is 7. The fourth-order valence-corrected chi connectivity index (χ4v) is 5.49. The molecule has 2 amide bonds. The minimum absolute atomic E-state index is 0.0223. The van der Waals surface area contributed by atoms with Crippen LogP contribution in [0.2, 0.25) is 0 Å². The topological polar surface area (TPSA) is 92.6 Å². The van der Waals surface area contributed by atoms with Gasteiger partial charge in [-0.2, -0.15) is 10.1 Å². The van der Waals surface area contributed by atoms with Gasteiger partial charge < -0.3 is 14.8 Å². The lowest BCUT2D eigenvalue weighted by molar-refractivity contribution is -0.121. The summed E-state index contributed by atoms with van der Waals surface area (Å²) in [5.74, 6) is 0.675. The number of methoxy groups -OCH3 is 2. The third kappa shape index (κ3) is 5.43. The van der Waals surface area contributed by atoms with Crippen LogP contribution in [0.1, 0.15) is 35.6 Å². The highest BCUT2D eigenvalue weighted by Gasteiger charge is 2.39. The third-order valence-electron chi connectivity index (χ3n) is 6.44. The Balaban J connectivity index is 1.37. The maximum absolute atomic E-state index is 12.9. The monoisotopic (exact) mass is 528 g/mol. The van der Waals surface area contributed by atoms with E-state index in [2.05, 4.69) is 10.3 Å². The van der Waals surface area contributed by atoms with E-state index in [1.54, 1.807) is 19.2 Å². The predicted octanol–water partition coefficient (Wildman–Crippen LogP) is 5.19. The average Bonchev–Trinajstić information content (AvgIpc) is 3.54. The molecule has 2 atom stereocenters. The van der Waals surface area contributed by atoms with Gasteiger partial charge in [0.1, 0.15) is 5.25 Å². The molecular formula is C29H28N4O4S. The molecule has 2 aliphatic heterocycles. The summed E-state index contributed by atoms with van der Waals surface area (Å²) in [7, 11) is 3.20. The summed E-state index contributed by atoms with van der Waals surface area (Å²) in [6.07, 6.45) is 0.639. The second-order valence-electron chi connectivity index (χ2n) is 9.05. The Morgan fingerprint density at radius 2 is 1.76 bits per heavy atom. The van der Waals surface area contributed by atoms with Crippen molar-refractivity contribution in [2.45, 2.75) is 31.1 Å². The summed E-state index contributed by atoms with van der Waals surface area (Å²) >= 11 is 1.27. The maximum Gasteiger partial charge on any atom is 0.262 e. The molecular weight excluding hydrogens is 500 g/mol. The van der Waals surface area contributed by atoms with Crippen LogP contribution in [0, 0.1) is 6.92 Å². The molecule has 0 fully saturated rings. The summed E-state index contributed by atoms with van der Waals surface area (Å²) in [5, 5.41) is 9.42. The zero-order valence-corrected chi connectivity index (χ0v) is 22.2. The third-order valence-corrected chi connectivity index (χ3v) is 7.58. The van der Waals surface area contributed by atoms with E-state index in [4.69, 9.17) is 14.6 Å². The van der Waals surface area contributed by atoms with E-state index in [1.807, 2.05) is 79.7 Å². The fourth-order valence-electron chi connectivity index (χ4n) is 4.43. The van der Waals surface area contributed by atoms with E-state index in [-0.39, 0.29) is 24.3 Å². The predicted molar refractivity (Wildman–Crippen MR) is 150 cm³/mol. The van der Waals surface area contributed by atoms with Gasteiger partial charge in [-0.15, -0.1) is 0 Å². The molecule has 0 saturated carbocycles. The summed E-state index contributed by atoms with van der Waals surface area (Å²) in [5.41, 5.74) is 4.65. The molecule has 2 aliphatic rings. The molecule has 194 valence electrons. The largest absolute Gasteiger partial charge is 0.493 e. The number of aliphatic imine (C=N–C) groups is 1. The minimum Gasteiger partial charge on any atom is -0.493 e. The van der Waals surface area contributed by atoms with Crippen molar-refractivity contribution in [1.29, 1.82) is 0 Å². The minimum atomic E-state index is -0.613. The van der Waals surface area contributed by atoms with Crippen LogP contribution in [0.5, 0.6) is 11.5 Å². The van der Waals surface area contributed by atoms with E-state index in [0.717, 1.165) is 22.4 Å². The molecule has 9 heteroatoms. The highest BCUT2D eigenvalue weighted by Crippen LogP contribution is 2.41. The van der Waals surface area contributed by atoms with Gasteiger partial charge in [-0.25, -0.2) is 5.01 Å². The van der Waals surface area contributed by atoms with Gasteiger partial charge in [-0.1, -0.05) is 65.9 Å². The van der Waals surface area contributed by atoms with Gasteiger partial charge in [0, 0.05) is 18.5 Å². The lowest BCUT2D eigenvalue weighted by Gasteiger charge is -2.24. The Kier molecular flexibility index (Phi) is 7.46.